The normalized spacial score (nSPS) is 20.9. The standard InChI is InChI=1S/C24H32O2S/c1-2-3-4-10-22(25)18-11-13-20(14-12-18)24-19(15-16-23(24)26)7-5-8-21-9-6-17-27-21/h6,9,11-14,17,19,22,24-25H,2-5,7-8,10,15-16H2,1H3/t19-,22?,24-/m0/s1. The van der Waals surface area contributed by atoms with Crippen molar-refractivity contribution in [2.75, 3.05) is 0 Å². The van der Waals surface area contributed by atoms with Gasteiger partial charge in [0.2, 0.25) is 0 Å². The number of aliphatic hydroxyl groups is 1. The maximum Gasteiger partial charge on any atom is 0.140 e. The monoisotopic (exact) mass is 384 g/mol. The molecule has 1 N–H and O–H groups in total. The Balaban J connectivity index is 1.58. The van der Waals surface area contributed by atoms with E-state index >= 15 is 0 Å². The number of aryl methyl sites for hydroxylation is 1. The highest BCUT2D eigenvalue weighted by Crippen LogP contribution is 2.40. The molecule has 1 aromatic carbocycles. The van der Waals surface area contributed by atoms with Gasteiger partial charge in [0.15, 0.2) is 0 Å². The fourth-order valence-electron chi connectivity index (χ4n) is 4.35. The summed E-state index contributed by atoms with van der Waals surface area (Å²) in [5.41, 5.74) is 2.12. The molecule has 0 radical (unpaired) electrons. The van der Waals surface area contributed by atoms with Crippen LogP contribution in [-0.2, 0) is 11.2 Å². The molecule has 2 aromatic rings. The average molecular weight is 385 g/mol. The number of ketones is 1. The maximum absolute atomic E-state index is 12.5. The van der Waals surface area contributed by atoms with Gasteiger partial charge in [0.05, 0.1) is 6.10 Å². The number of rotatable bonds is 10. The van der Waals surface area contributed by atoms with Gasteiger partial charge in [0.25, 0.3) is 0 Å². The predicted octanol–water partition coefficient (Wildman–Crippen LogP) is 6.45. The third-order valence-electron chi connectivity index (χ3n) is 5.92. The molecule has 2 nitrogen and oxygen atoms in total. The number of benzene rings is 1. The van der Waals surface area contributed by atoms with Gasteiger partial charge in [-0.05, 0) is 60.6 Å². The Kier molecular flexibility index (Phi) is 7.66. The lowest BCUT2D eigenvalue weighted by Gasteiger charge is -2.20. The minimum Gasteiger partial charge on any atom is -0.388 e. The Morgan fingerprint density at radius 1 is 1.15 bits per heavy atom. The largest absolute Gasteiger partial charge is 0.388 e. The highest BCUT2D eigenvalue weighted by atomic mass is 32.1. The highest BCUT2D eigenvalue weighted by molar-refractivity contribution is 7.09. The zero-order valence-corrected chi connectivity index (χ0v) is 17.2. The first-order valence-corrected chi connectivity index (χ1v) is 11.4. The van der Waals surface area contributed by atoms with Crippen LogP contribution < -0.4 is 0 Å². The molecule has 0 bridgehead atoms. The molecular formula is C24H32O2S. The summed E-state index contributed by atoms with van der Waals surface area (Å²) in [6.45, 7) is 2.18. The number of thiophene rings is 1. The molecular weight excluding hydrogens is 352 g/mol. The van der Waals surface area contributed by atoms with Gasteiger partial charge in [-0.25, -0.2) is 0 Å². The number of hydrogen-bond donors (Lipinski definition) is 1. The summed E-state index contributed by atoms with van der Waals surface area (Å²) >= 11 is 1.82. The minimum absolute atomic E-state index is 0.0552. The number of carbonyl (C=O) groups is 1. The fourth-order valence-corrected chi connectivity index (χ4v) is 5.11. The van der Waals surface area contributed by atoms with Gasteiger partial charge < -0.3 is 5.11 Å². The molecule has 0 aliphatic heterocycles. The van der Waals surface area contributed by atoms with Crippen LogP contribution in [0.25, 0.3) is 0 Å². The van der Waals surface area contributed by atoms with Gasteiger partial charge in [0.1, 0.15) is 5.78 Å². The van der Waals surface area contributed by atoms with Crippen molar-refractivity contribution in [1.29, 1.82) is 0 Å². The van der Waals surface area contributed by atoms with Crippen molar-refractivity contribution in [2.45, 2.75) is 76.7 Å². The third kappa shape index (κ3) is 5.52. The van der Waals surface area contributed by atoms with Crippen molar-refractivity contribution in [3.05, 3.63) is 57.8 Å². The van der Waals surface area contributed by atoms with E-state index in [-0.39, 0.29) is 12.0 Å². The smallest absolute Gasteiger partial charge is 0.140 e. The van der Waals surface area contributed by atoms with Crippen LogP contribution in [0.5, 0.6) is 0 Å². The highest BCUT2D eigenvalue weighted by Gasteiger charge is 2.35. The molecule has 27 heavy (non-hydrogen) atoms. The van der Waals surface area contributed by atoms with E-state index in [4.69, 9.17) is 0 Å². The van der Waals surface area contributed by atoms with Crippen LogP contribution in [0.15, 0.2) is 41.8 Å². The van der Waals surface area contributed by atoms with Crippen molar-refractivity contribution >= 4 is 17.1 Å². The fraction of sp³-hybridized carbons (Fsp3) is 0.542. The first-order chi connectivity index (χ1) is 13.2. The minimum atomic E-state index is -0.383. The Morgan fingerprint density at radius 2 is 1.96 bits per heavy atom. The molecule has 1 heterocycles. The summed E-state index contributed by atoms with van der Waals surface area (Å²) in [4.78, 5) is 14.0. The van der Waals surface area contributed by atoms with Gasteiger partial charge in [-0.1, -0.05) is 56.5 Å². The molecule has 0 saturated heterocycles. The Bertz CT molecular complexity index is 690. The summed E-state index contributed by atoms with van der Waals surface area (Å²) in [6.07, 6.45) is 8.98. The summed E-state index contributed by atoms with van der Waals surface area (Å²) in [5, 5.41) is 12.5. The van der Waals surface area contributed by atoms with Gasteiger partial charge in [0, 0.05) is 17.2 Å². The predicted molar refractivity (Wildman–Crippen MR) is 113 cm³/mol. The number of unbranched alkanes of at least 4 members (excludes halogenated alkanes) is 2. The van der Waals surface area contributed by atoms with Crippen LogP contribution in [-0.4, -0.2) is 10.9 Å². The van der Waals surface area contributed by atoms with E-state index in [0.717, 1.165) is 56.1 Å². The van der Waals surface area contributed by atoms with Crippen LogP contribution in [0.2, 0.25) is 0 Å². The first kappa shape index (κ1) is 20.3. The topological polar surface area (TPSA) is 37.3 Å². The van der Waals surface area contributed by atoms with Gasteiger partial charge in [-0.15, -0.1) is 11.3 Å². The van der Waals surface area contributed by atoms with E-state index in [2.05, 4.69) is 36.6 Å². The first-order valence-electron chi connectivity index (χ1n) is 10.5. The van der Waals surface area contributed by atoms with Crippen molar-refractivity contribution in [3.63, 3.8) is 0 Å². The van der Waals surface area contributed by atoms with Crippen LogP contribution in [0.3, 0.4) is 0 Å². The number of hydrogen-bond acceptors (Lipinski definition) is 3. The van der Waals surface area contributed by atoms with Crippen LogP contribution in [0, 0.1) is 5.92 Å². The van der Waals surface area contributed by atoms with E-state index in [1.165, 1.54) is 17.7 Å². The summed E-state index contributed by atoms with van der Waals surface area (Å²) < 4.78 is 0. The summed E-state index contributed by atoms with van der Waals surface area (Å²) in [5.74, 6) is 0.921. The molecule has 1 unspecified atom stereocenters. The summed E-state index contributed by atoms with van der Waals surface area (Å²) in [6, 6.07) is 12.5. The van der Waals surface area contributed by atoms with E-state index in [9.17, 15) is 9.90 Å². The second-order valence-corrected chi connectivity index (χ2v) is 8.92. The maximum atomic E-state index is 12.5. The third-order valence-corrected chi connectivity index (χ3v) is 6.86. The molecule has 0 amide bonds. The number of carbonyl (C=O) groups excluding carboxylic acids is 1. The Morgan fingerprint density at radius 3 is 2.67 bits per heavy atom. The van der Waals surface area contributed by atoms with Crippen molar-refractivity contribution < 1.29 is 9.90 Å². The van der Waals surface area contributed by atoms with E-state index in [0.29, 0.717) is 11.7 Å². The second kappa shape index (κ2) is 10.2. The molecule has 1 fully saturated rings. The van der Waals surface area contributed by atoms with E-state index in [1.54, 1.807) is 0 Å². The van der Waals surface area contributed by atoms with Gasteiger partial charge in [-0.2, -0.15) is 0 Å². The zero-order valence-electron chi connectivity index (χ0n) is 16.4. The lowest BCUT2D eigenvalue weighted by atomic mass is 9.84. The van der Waals surface area contributed by atoms with Crippen molar-refractivity contribution in [3.8, 4) is 0 Å². The molecule has 0 spiro atoms. The van der Waals surface area contributed by atoms with E-state index in [1.807, 2.05) is 23.5 Å². The molecule has 3 rings (SSSR count). The van der Waals surface area contributed by atoms with Crippen LogP contribution >= 0.6 is 11.3 Å². The van der Waals surface area contributed by atoms with Gasteiger partial charge >= 0.3 is 0 Å². The number of aliphatic hydroxyl groups excluding tert-OH is 1. The SMILES string of the molecule is CCCCCC(O)c1ccc([C@H]2C(=O)CC[C@@H]2CCCc2cccs2)cc1. The zero-order chi connectivity index (χ0) is 19.1. The number of Topliss-reactive ketones (excluding diaryl/α,β-unsaturated/α-hetero) is 1. The van der Waals surface area contributed by atoms with Gasteiger partial charge in [-0.3, -0.25) is 4.79 Å². The second-order valence-electron chi connectivity index (χ2n) is 7.89. The lowest BCUT2D eigenvalue weighted by molar-refractivity contribution is -0.119. The molecule has 3 atom stereocenters. The van der Waals surface area contributed by atoms with E-state index < -0.39 is 0 Å². The molecule has 1 aliphatic carbocycles. The average Bonchev–Trinajstić information content (AvgIpc) is 3.32. The Labute approximate surface area is 167 Å². The molecule has 3 heteroatoms. The molecule has 146 valence electrons. The Hall–Kier alpha value is -1.45. The van der Waals surface area contributed by atoms with Crippen molar-refractivity contribution in [1.82, 2.24) is 0 Å². The van der Waals surface area contributed by atoms with Crippen molar-refractivity contribution in [2.24, 2.45) is 5.92 Å². The molecule has 1 saturated carbocycles. The summed E-state index contributed by atoms with van der Waals surface area (Å²) in [7, 11) is 0. The lowest BCUT2D eigenvalue weighted by Crippen LogP contribution is -2.13. The molecule has 1 aliphatic rings. The van der Waals surface area contributed by atoms with Crippen LogP contribution in [0.4, 0.5) is 0 Å². The molecule has 1 aromatic heterocycles. The van der Waals surface area contributed by atoms with Crippen LogP contribution in [0.1, 0.15) is 86.3 Å². The quantitative estimate of drug-likeness (QED) is 0.478.